The molecule has 0 radical (unpaired) electrons. The van der Waals surface area contributed by atoms with Crippen molar-refractivity contribution in [1.82, 2.24) is 14.8 Å². The molecule has 1 aromatic heterocycles. The number of nitrogens with one attached hydrogen (secondary N) is 2. The highest BCUT2D eigenvalue weighted by Gasteiger charge is 2.35. The van der Waals surface area contributed by atoms with Gasteiger partial charge in [0.2, 0.25) is 12.7 Å². The maximum atomic E-state index is 13.6. The fraction of sp³-hybridized carbons (Fsp3) is 0.261. The largest absolute Gasteiger partial charge is 0.495 e. The summed E-state index contributed by atoms with van der Waals surface area (Å²) in [5.41, 5.74) is 2.65. The Morgan fingerprint density at radius 3 is 2.88 bits per heavy atom. The Bertz CT molecular complexity index is 1230. The van der Waals surface area contributed by atoms with Crippen molar-refractivity contribution < 1.29 is 19.0 Å². The van der Waals surface area contributed by atoms with Crippen molar-refractivity contribution in [3.05, 3.63) is 65.1 Å². The van der Waals surface area contributed by atoms with Gasteiger partial charge in [0.25, 0.3) is 5.91 Å². The van der Waals surface area contributed by atoms with Crippen molar-refractivity contribution in [3.63, 3.8) is 0 Å². The van der Waals surface area contributed by atoms with Gasteiger partial charge in [0.15, 0.2) is 17.3 Å². The van der Waals surface area contributed by atoms with Crippen LogP contribution in [-0.2, 0) is 11.2 Å². The number of hydrogen-bond acceptors (Lipinski definition) is 7. The molecule has 1 atom stereocenters. The van der Waals surface area contributed by atoms with Crippen LogP contribution in [0.2, 0.25) is 0 Å². The van der Waals surface area contributed by atoms with Gasteiger partial charge < -0.3 is 24.8 Å². The van der Waals surface area contributed by atoms with Crippen LogP contribution >= 0.6 is 0 Å². The molecule has 1 unspecified atom stereocenters. The van der Waals surface area contributed by atoms with Gasteiger partial charge in [-0.05, 0) is 36.8 Å². The van der Waals surface area contributed by atoms with E-state index in [9.17, 15) is 4.79 Å². The predicted octanol–water partition coefficient (Wildman–Crippen LogP) is 3.51. The van der Waals surface area contributed by atoms with Crippen LogP contribution in [0.25, 0.3) is 0 Å². The minimum absolute atomic E-state index is 0.176. The molecule has 3 aromatic rings. The van der Waals surface area contributed by atoms with E-state index in [4.69, 9.17) is 14.2 Å². The molecule has 2 aromatic carbocycles. The fourth-order valence-corrected chi connectivity index (χ4v) is 3.97. The van der Waals surface area contributed by atoms with Crippen LogP contribution in [0.4, 0.5) is 11.6 Å². The topological polar surface area (TPSA) is 99.5 Å². The summed E-state index contributed by atoms with van der Waals surface area (Å²) in [4.78, 5) is 18.1. The number of amides is 1. The second kappa shape index (κ2) is 7.92. The lowest BCUT2D eigenvalue weighted by molar-refractivity contribution is -0.113. The first kappa shape index (κ1) is 19.9. The number of ether oxygens (including phenoxy) is 3. The molecule has 9 heteroatoms. The third-order valence-electron chi connectivity index (χ3n) is 5.52. The van der Waals surface area contributed by atoms with E-state index in [1.54, 1.807) is 23.9 Å². The van der Waals surface area contributed by atoms with Crippen molar-refractivity contribution in [2.45, 2.75) is 26.3 Å². The third-order valence-corrected chi connectivity index (χ3v) is 5.52. The number of anilines is 2. The number of allylic oxidation sites excluding steroid dienone is 1. The Morgan fingerprint density at radius 1 is 1.25 bits per heavy atom. The maximum absolute atomic E-state index is 13.6. The smallest absolute Gasteiger partial charge is 0.255 e. The van der Waals surface area contributed by atoms with Gasteiger partial charge in [0.05, 0.1) is 18.4 Å². The van der Waals surface area contributed by atoms with Crippen LogP contribution in [-0.4, -0.2) is 34.6 Å². The van der Waals surface area contributed by atoms with Crippen molar-refractivity contribution in [2.24, 2.45) is 0 Å². The van der Waals surface area contributed by atoms with Crippen LogP contribution < -0.4 is 24.8 Å². The van der Waals surface area contributed by atoms with E-state index in [1.165, 1.54) is 0 Å². The molecule has 0 bridgehead atoms. The summed E-state index contributed by atoms with van der Waals surface area (Å²) in [6, 6.07) is 12.5. The van der Waals surface area contributed by atoms with Crippen LogP contribution in [0, 0.1) is 0 Å². The number of nitrogens with zero attached hydrogens (tertiary/aromatic N) is 3. The van der Waals surface area contributed by atoms with E-state index in [0.717, 1.165) is 5.56 Å². The molecule has 1 amide bonds. The lowest BCUT2D eigenvalue weighted by Crippen LogP contribution is -2.31. The number of methoxy groups -OCH3 is 1. The molecule has 3 heterocycles. The summed E-state index contributed by atoms with van der Waals surface area (Å²) >= 11 is 0. The Morgan fingerprint density at radius 2 is 2.06 bits per heavy atom. The first-order chi connectivity index (χ1) is 15.6. The van der Waals surface area contributed by atoms with E-state index in [-0.39, 0.29) is 12.7 Å². The van der Waals surface area contributed by atoms with Gasteiger partial charge in [-0.1, -0.05) is 25.1 Å². The monoisotopic (exact) mass is 433 g/mol. The second-order valence-corrected chi connectivity index (χ2v) is 7.48. The molecule has 2 aliphatic heterocycles. The molecule has 32 heavy (non-hydrogen) atoms. The van der Waals surface area contributed by atoms with E-state index >= 15 is 0 Å². The highest BCUT2D eigenvalue weighted by atomic mass is 16.7. The molecule has 0 spiro atoms. The minimum Gasteiger partial charge on any atom is -0.495 e. The number of aryl methyl sites for hydroxylation is 1. The lowest BCUT2D eigenvalue weighted by atomic mass is 9.94. The SMILES string of the molecule is CCc1nc2n(n1)C(c1ccc3c(c1)OCO3)C(C(=O)Nc1ccccc1OC)=C(C)N2. The standard InChI is InChI=1S/C23H23N5O4/c1-4-19-26-23-24-13(2)20(22(29)25-15-7-5-6-8-16(15)30-3)21(28(23)27-19)14-9-10-17-18(11-14)32-12-31-17/h5-11,21H,4,12H2,1-3H3,(H,25,29)(H,24,26,27). The molecule has 2 N–H and O–H groups in total. The van der Waals surface area contributed by atoms with Gasteiger partial charge in [-0.2, -0.15) is 10.1 Å². The third kappa shape index (κ3) is 3.31. The number of carbonyl (C=O) groups is 1. The molecule has 0 aliphatic carbocycles. The Hall–Kier alpha value is -4.01. The number of carbonyl (C=O) groups excluding carboxylic acids is 1. The van der Waals surface area contributed by atoms with E-state index < -0.39 is 6.04 Å². The summed E-state index contributed by atoms with van der Waals surface area (Å²) in [6.07, 6.45) is 0.678. The quantitative estimate of drug-likeness (QED) is 0.635. The van der Waals surface area contributed by atoms with Gasteiger partial charge in [0, 0.05) is 12.1 Å². The van der Waals surface area contributed by atoms with Crippen molar-refractivity contribution in [3.8, 4) is 17.2 Å². The second-order valence-electron chi connectivity index (χ2n) is 7.48. The van der Waals surface area contributed by atoms with Gasteiger partial charge in [-0.25, -0.2) is 4.68 Å². The molecule has 0 saturated heterocycles. The van der Waals surface area contributed by atoms with Gasteiger partial charge >= 0.3 is 0 Å². The number of fused-ring (bicyclic) bond motifs is 2. The highest BCUT2D eigenvalue weighted by Crippen LogP contribution is 2.40. The van der Waals surface area contributed by atoms with Gasteiger partial charge in [0.1, 0.15) is 11.8 Å². The first-order valence-corrected chi connectivity index (χ1v) is 10.4. The van der Waals surface area contributed by atoms with Crippen molar-refractivity contribution in [2.75, 3.05) is 24.5 Å². The molecule has 0 fully saturated rings. The molecular formula is C23H23N5O4. The normalized spacial score (nSPS) is 16.4. The van der Waals surface area contributed by atoms with Crippen LogP contribution in [0.3, 0.4) is 0 Å². The Balaban J connectivity index is 1.59. The number of para-hydroxylation sites is 2. The number of rotatable bonds is 5. The van der Waals surface area contributed by atoms with Crippen LogP contribution in [0.15, 0.2) is 53.7 Å². The summed E-state index contributed by atoms with van der Waals surface area (Å²) in [5, 5.41) is 10.9. The van der Waals surface area contributed by atoms with Crippen LogP contribution in [0.5, 0.6) is 17.2 Å². The zero-order valence-corrected chi connectivity index (χ0v) is 18.0. The summed E-state index contributed by atoms with van der Waals surface area (Å²) in [6.45, 7) is 4.03. The highest BCUT2D eigenvalue weighted by molar-refractivity contribution is 6.06. The molecule has 2 aliphatic rings. The number of aromatic nitrogens is 3. The summed E-state index contributed by atoms with van der Waals surface area (Å²) in [7, 11) is 1.57. The van der Waals surface area contributed by atoms with Gasteiger partial charge in [-0.3, -0.25) is 4.79 Å². The van der Waals surface area contributed by atoms with E-state index in [2.05, 4.69) is 20.7 Å². The average molecular weight is 433 g/mol. The van der Waals surface area contributed by atoms with Crippen molar-refractivity contribution >= 4 is 17.5 Å². The molecular weight excluding hydrogens is 410 g/mol. The summed E-state index contributed by atoms with van der Waals surface area (Å²) < 4.78 is 18.2. The van der Waals surface area contributed by atoms with Gasteiger partial charge in [-0.15, -0.1) is 0 Å². The maximum Gasteiger partial charge on any atom is 0.255 e. The average Bonchev–Trinajstić information content (AvgIpc) is 3.44. The number of hydrogen-bond donors (Lipinski definition) is 2. The molecule has 164 valence electrons. The Kier molecular flexibility index (Phi) is 4.93. The minimum atomic E-state index is -0.497. The Labute approximate surface area is 185 Å². The summed E-state index contributed by atoms with van der Waals surface area (Å²) in [5.74, 6) is 2.92. The zero-order valence-electron chi connectivity index (χ0n) is 18.0. The predicted molar refractivity (Wildman–Crippen MR) is 118 cm³/mol. The first-order valence-electron chi connectivity index (χ1n) is 10.4. The fourth-order valence-electron chi connectivity index (χ4n) is 3.97. The van der Waals surface area contributed by atoms with Crippen LogP contribution in [0.1, 0.15) is 31.3 Å². The number of benzene rings is 2. The lowest BCUT2D eigenvalue weighted by Gasteiger charge is -2.29. The molecule has 9 nitrogen and oxygen atoms in total. The molecule has 0 saturated carbocycles. The van der Waals surface area contributed by atoms with E-state index in [0.29, 0.717) is 52.4 Å². The van der Waals surface area contributed by atoms with E-state index in [1.807, 2.05) is 44.2 Å². The van der Waals surface area contributed by atoms with Crippen molar-refractivity contribution in [1.29, 1.82) is 0 Å². The zero-order chi connectivity index (χ0) is 22.2. The molecule has 5 rings (SSSR count).